The number of halogens is 3. The van der Waals surface area contributed by atoms with Crippen LogP contribution in [0.3, 0.4) is 0 Å². The van der Waals surface area contributed by atoms with Crippen molar-refractivity contribution in [2.45, 2.75) is 13.5 Å². The van der Waals surface area contributed by atoms with E-state index in [1.807, 2.05) is 6.92 Å². The Morgan fingerprint density at radius 3 is 2.62 bits per heavy atom. The number of carbonyl (C=O) groups is 1. The number of amides is 1. The molecule has 0 saturated carbocycles. The van der Waals surface area contributed by atoms with Crippen molar-refractivity contribution in [3.63, 3.8) is 0 Å². The van der Waals surface area contributed by atoms with Crippen LogP contribution < -0.4 is 15.4 Å². The van der Waals surface area contributed by atoms with Gasteiger partial charge in [-0.3, -0.25) is 10.1 Å². The molecule has 2 N–H and O–H groups in total. The van der Waals surface area contributed by atoms with Gasteiger partial charge in [0.1, 0.15) is 5.75 Å². The van der Waals surface area contributed by atoms with Crippen LogP contribution in [-0.4, -0.2) is 17.6 Å². The van der Waals surface area contributed by atoms with Crippen molar-refractivity contribution in [2.24, 2.45) is 0 Å². The average Bonchev–Trinajstić information content (AvgIpc) is 2.48. The molecule has 24 heavy (non-hydrogen) atoms. The van der Waals surface area contributed by atoms with Crippen LogP contribution in [0.25, 0.3) is 0 Å². The second-order valence-electron chi connectivity index (χ2n) is 4.77. The van der Waals surface area contributed by atoms with Gasteiger partial charge in [0.25, 0.3) is 5.91 Å². The maximum absolute atomic E-state index is 12.4. The number of thiocarbonyl (C=S) groups is 1. The standard InChI is InChI=1S/C16H13ClF2N2O2S/c1-9-6-7-10(11(17)8-9)14(22)21-16(24)20-12-4-2-3-5-13(12)23-15(18)19/h2-8,15H,1H3,(H2,20,21,22,24). The fraction of sp³-hybridized carbons (Fsp3) is 0.125. The molecule has 2 aromatic rings. The summed E-state index contributed by atoms with van der Waals surface area (Å²) in [6.45, 7) is -1.12. The molecule has 0 radical (unpaired) electrons. The highest BCUT2D eigenvalue weighted by Gasteiger charge is 2.14. The van der Waals surface area contributed by atoms with Gasteiger partial charge in [-0.2, -0.15) is 8.78 Å². The first-order valence-corrected chi connectivity index (χ1v) is 7.58. The minimum absolute atomic E-state index is 0.0676. The molecule has 0 unspecified atom stereocenters. The molecule has 2 aromatic carbocycles. The van der Waals surface area contributed by atoms with Crippen LogP contribution in [0.2, 0.25) is 5.02 Å². The number of aryl methyl sites for hydroxylation is 1. The second-order valence-corrected chi connectivity index (χ2v) is 5.58. The maximum Gasteiger partial charge on any atom is 0.387 e. The normalized spacial score (nSPS) is 10.4. The molecule has 0 fully saturated rings. The number of anilines is 1. The Bertz CT molecular complexity index is 771. The van der Waals surface area contributed by atoms with E-state index in [9.17, 15) is 13.6 Å². The van der Waals surface area contributed by atoms with Crippen molar-refractivity contribution in [3.05, 3.63) is 58.6 Å². The van der Waals surface area contributed by atoms with Gasteiger partial charge >= 0.3 is 6.61 Å². The van der Waals surface area contributed by atoms with Gasteiger partial charge in [0, 0.05) is 0 Å². The number of carbonyl (C=O) groups excluding carboxylic acids is 1. The van der Waals surface area contributed by atoms with Crippen molar-refractivity contribution < 1.29 is 18.3 Å². The van der Waals surface area contributed by atoms with E-state index in [0.717, 1.165) is 5.56 Å². The minimum Gasteiger partial charge on any atom is -0.433 e. The highest BCUT2D eigenvalue weighted by molar-refractivity contribution is 7.80. The summed E-state index contributed by atoms with van der Waals surface area (Å²) in [6, 6.07) is 11.0. The Kier molecular flexibility index (Phi) is 6.05. The summed E-state index contributed by atoms with van der Waals surface area (Å²) >= 11 is 11.0. The predicted molar refractivity (Wildman–Crippen MR) is 92.9 cm³/mol. The van der Waals surface area contributed by atoms with Crippen LogP contribution in [-0.2, 0) is 0 Å². The van der Waals surface area contributed by atoms with Crippen LogP contribution in [0, 0.1) is 6.92 Å². The zero-order valence-corrected chi connectivity index (χ0v) is 14.0. The highest BCUT2D eigenvalue weighted by atomic mass is 35.5. The highest BCUT2D eigenvalue weighted by Crippen LogP contribution is 2.25. The Morgan fingerprint density at radius 1 is 1.25 bits per heavy atom. The quantitative estimate of drug-likeness (QED) is 0.784. The third kappa shape index (κ3) is 4.87. The van der Waals surface area contributed by atoms with Crippen LogP contribution >= 0.6 is 23.8 Å². The average molecular weight is 371 g/mol. The largest absolute Gasteiger partial charge is 0.433 e. The molecule has 0 aliphatic carbocycles. The number of hydrogen-bond donors (Lipinski definition) is 2. The number of benzene rings is 2. The van der Waals surface area contributed by atoms with Gasteiger partial charge in [-0.25, -0.2) is 0 Å². The van der Waals surface area contributed by atoms with Crippen LogP contribution in [0.5, 0.6) is 5.75 Å². The van der Waals surface area contributed by atoms with E-state index in [1.165, 1.54) is 18.2 Å². The third-order valence-electron chi connectivity index (χ3n) is 2.95. The zero-order valence-electron chi connectivity index (χ0n) is 12.5. The van der Waals surface area contributed by atoms with Crippen molar-refractivity contribution >= 4 is 40.5 Å². The smallest absolute Gasteiger partial charge is 0.387 e. The molecule has 1 amide bonds. The summed E-state index contributed by atoms with van der Waals surface area (Å²) in [5.74, 6) is -0.595. The van der Waals surface area contributed by atoms with Gasteiger partial charge < -0.3 is 10.1 Å². The molecule has 0 heterocycles. The lowest BCUT2D eigenvalue weighted by molar-refractivity contribution is -0.0493. The Balaban J connectivity index is 2.07. The summed E-state index contributed by atoms with van der Waals surface area (Å²) in [5.41, 5.74) is 1.37. The van der Waals surface area contributed by atoms with E-state index in [2.05, 4.69) is 15.4 Å². The number of hydrogen-bond acceptors (Lipinski definition) is 3. The van der Waals surface area contributed by atoms with Gasteiger partial charge in [0.15, 0.2) is 5.11 Å². The SMILES string of the molecule is Cc1ccc(C(=O)NC(=S)Nc2ccccc2OC(F)F)c(Cl)c1. The minimum atomic E-state index is -2.97. The number of rotatable bonds is 4. The van der Waals surface area contributed by atoms with Crippen molar-refractivity contribution in [2.75, 3.05) is 5.32 Å². The number of ether oxygens (including phenoxy) is 1. The maximum atomic E-state index is 12.4. The molecule has 0 aliphatic rings. The fourth-order valence-electron chi connectivity index (χ4n) is 1.90. The van der Waals surface area contributed by atoms with Crippen LogP contribution in [0.15, 0.2) is 42.5 Å². The summed E-state index contributed by atoms with van der Waals surface area (Å²) in [5, 5.41) is 5.31. The molecule has 0 atom stereocenters. The summed E-state index contributed by atoms with van der Waals surface area (Å²) in [4.78, 5) is 12.2. The fourth-order valence-corrected chi connectivity index (χ4v) is 2.42. The first kappa shape index (κ1) is 18.1. The van der Waals surface area contributed by atoms with E-state index in [0.29, 0.717) is 0 Å². The summed E-state index contributed by atoms with van der Waals surface area (Å²) in [6.07, 6.45) is 0. The van der Waals surface area contributed by atoms with E-state index in [4.69, 9.17) is 23.8 Å². The van der Waals surface area contributed by atoms with Crippen LogP contribution in [0.4, 0.5) is 14.5 Å². The van der Waals surface area contributed by atoms with E-state index in [-0.39, 0.29) is 27.1 Å². The summed E-state index contributed by atoms with van der Waals surface area (Å²) < 4.78 is 29.1. The third-order valence-corrected chi connectivity index (χ3v) is 3.46. The van der Waals surface area contributed by atoms with E-state index < -0.39 is 12.5 Å². The molecule has 8 heteroatoms. The number of alkyl halides is 2. The molecule has 0 aromatic heterocycles. The first-order chi connectivity index (χ1) is 11.4. The first-order valence-electron chi connectivity index (χ1n) is 6.79. The molecular weight excluding hydrogens is 358 g/mol. The number of nitrogens with one attached hydrogen (secondary N) is 2. The van der Waals surface area contributed by atoms with Crippen molar-refractivity contribution in [1.29, 1.82) is 0 Å². The molecule has 126 valence electrons. The zero-order chi connectivity index (χ0) is 17.7. The van der Waals surface area contributed by atoms with Gasteiger partial charge in [0.2, 0.25) is 0 Å². The van der Waals surface area contributed by atoms with Gasteiger partial charge in [-0.1, -0.05) is 29.8 Å². The number of para-hydroxylation sites is 2. The van der Waals surface area contributed by atoms with Crippen LogP contribution in [0.1, 0.15) is 15.9 Å². The van der Waals surface area contributed by atoms with Crippen molar-refractivity contribution in [1.82, 2.24) is 5.32 Å². The Labute approximate surface area is 147 Å². The van der Waals surface area contributed by atoms with Gasteiger partial charge in [-0.15, -0.1) is 0 Å². The second kappa shape index (κ2) is 8.03. The molecule has 0 aliphatic heterocycles. The van der Waals surface area contributed by atoms with E-state index in [1.54, 1.807) is 24.3 Å². The van der Waals surface area contributed by atoms with E-state index >= 15 is 0 Å². The predicted octanol–water partition coefficient (Wildman–Crippen LogP) is 4.38. The molecule has 4 nitrogen and oxygen atoms in total. The molecule has 2 rings (SSSR count). The molecule has 0 bridgehead atoms. The monoisotopic (exact) mass is 370 g/mol. The molecule has 0 spiro atoms. The van der Waals surface area contributed by atoms with Crippen molar-refractivity contribution in [3.8, 4) is 5.75 Å². The van der Waals surface area contributed by atoms with Gasteiger partial charge in [0.05, 0.1) is 16.3 Å². The lowest BCUT2D eigenvalue weighted by atomic mass is 10.1. The summed E-state index contributed by atoms with van der Waals surface area (Å²) in [7, 11) is 0. The lowest BCUT2D eigenvalue weighted by Gasteiger charge is -2.14. The topological polar surface area (TPSA) is 50.4 Å². The Hall–Kier alpha value is -2.25. The van der Waals surface area contributed by atoms with Gasteiger partial charge in [-0.05, 0) is 49.0 Å². The molecular formula is C16H13ClF2N2O2S. The molecule has 0 saturated heterocycles. The lowest BCUT2D eigenvalue weighted by Crippen LogP contribution is -2.34. The Morgan fingerprint density at radius 2 is 1.96 bits per heavy atom.